The maximum absolute atomic E-state index is 12.7. The molecule has 1 aliphatic heterocycles. The minimum atomic E-state index is -0.596. The molecule has 1 fully saturated rings. The Kier molecular flexibility index (Phi) is 5.29. The largest absolute Gasteiger partial charge is 0.444 e. The molecule has 1 saturated heterocycles. The first kappa shape index (κ1) is 20.4. The SMILES string of the molecule is CC(C)(C)OC(=O)N1C[C@H](C#N)C[C@@H]1c1ncc(-c2ccc3cc(Br)ccc3c2)[nH]1. The van der Waals surface area contributed by atoms with Crippen LogP contribution in [0.5, 0.6) is 0 Å². The second kappa shape index (κ2) is 7.77. The number of rotatable bonds is 2. The highest BCUT2D eigenvalue weighted by molar-refractivity contribution is 9.10. The number of nitrogens with zero attached hydrogens (tertiary/aromatic N) is 3. The minimum Gasteiger partial charge on any atom is -0.444 e. The Morgan fingerprint density at radius 3 is 2.73 bits per heavy atom. The number of carbonyl (C=O) groups excluding carboxylic acids is 1. The van der Waals surface area contributed by atoms with Gasteiger partial charge < -0.3 is 9.72 Å². The number of benzene rings is 2. The molecule has 7 heteroatoms. The Morgan fingerprint density at radius 1 is 1.27 bits per heavy atom. The molecule has 6 nitrogen and oxygen atoms in total. The van der Waals surface area contributed by atoms with Crippen molar-refractivity contribution >= 4 is 32.8 Å². The number of amides is 1. The average Bonchev–Trinajstić information content (AvgIpc) is 3.33. The molecular weight excluding hydrogens is 444 g/mol. The Morgan fingerprint density at radius 2 is 2.00 bits per heavy atom. The van der Waals surface area contributed by atoms with Gasteiger partial charge in [-0.25, -0.2) is 9.78 Å². The van der Waals surface area contributed by atoms with Crippen LogP contribution in [0, 0.1) is 17.2 Å². The van der Waals surface area contributed by atoms with Crippen LogP contribution < -0.4 is 0 Å². The molecule has 1 amide bonds. The second-order valence-electron chi connectivity index (χ2n) is 8.60. The number of likely N-dealkylation sites (tertiary alicyclic amines) is 1. The number of nitrogens with one attached hydrogen (secondary N) is 1. The van der Waals surface area contributed by atoms with E-state index in [1.54, 1.807) is 11.1 Å². The number of imidazole rings is 1. The Balaban J connectivity index is 1.62. The summed E-state index contributed by atoms with van der Waals surface area (Å²) in [6, 6.07) is 14.4. The molecule has 2 heterocycles. The number of aromatic nitrogens is 2. The van der Waals surface area contributed by atoms with Gasteiger partial charge in [0.1, 0.15) is 11.4 Å². The van der Waals surface area contributed by atoms with Crippen molar-refractivity contribution in [1.29, 1.82) is 5.26 Å². The van der Waals surface area contributed by atoms with Gasteiger partial charge in [0.05, 0.1) is 29.9 Å². The zero-order valence-electron chi connectivity index (χ0n) is 17.1. The first-order valence-electron chi connectivity index (χ1n) is 9.87. The van der Waals surface area contributed by atoms with Crippen LogP contribution in [0.2, 0.25) is 0 Å². The number of nitriles is 1. The van der Waals surface area contributed by atoms with E-state index in [0.29, 0.717) is 18.8 Å². The quantitative estimate of drug-likeness (QED) is 0.516. The molecule has 0 aliphatic carbocycles. The van der Waals surface area contributed by atoms with Crippen LogP contribution in [-0.4, -0.2) is 33.1 Å². The van der Waals surface area contributed by atoms with Gasteiger partial charge in [-0.05, 0) is 56.2 Å². The van der Waals surface area contributed by atoms with E-state index in [-0.39, 0.29) is 12.0 Å². The highest BCUT2D eigenvalue weighted by Crippen LogP contribution is 2.36. The predicted molar refractivity (Wildman–Crippen MR) is 119 cm³/mol. The molecule has 1 N–H and O–H groups in total. The lowest BCUT2D eigenvalue weighted by molar-refractivity contribution is 0.0216. The van der Waals surface area contributed by atoms with Gasteiger partial charge >= 0.3 is 6.09 Å². The predicted octanol–water partition coefficient (Wildman–Crippen LogP) is 5.81. The Hall–Kier alpha value is -2.85. The zero-order valence-corrected chi connectivity index (χ0v) is 18.7. The van der Waals surface area contributed by atoms with Crippen molar-refractivity contribution in [1.82, 2.24) is 14.9 Å². The fourth-order valence-electron chi connectivity index (χ4n) is 3.75. The minimum absolute atomic E-state index is 0.241. The van der Waals surface area contributed by atoms with Crippen LogP contribution in [0.4, 0.5) is 4.79 Å². The summed E-state index contributed by atoms with van der Waals surface area (Å²) < 4.78 is 6.59. The molecule has 0 saturated carbocycles. The van der Waals surface area contributed by atoms with Gasteiger partial charge in [0.25, 0.3) is 0 Å². The van der Waals surface area contributed by atoms with E-state index in [1.165, 1.54) is 0 Å². The smallest absolute Gasteiger partial charge is 0.410 e. The molecular formula is C23H23BrN4O2. The number of aromatic amines is 1. The van der Waals surface area contributed by atoms with E-state index in [2.05, 4.69) is 56.2 Å². The van der Waals surface area contributed by atoms with Crippen LogP contribution in [0.1, 0.15) is 39.1 Å². The van der Waals surface area contributed by atoms with Crippen LogP contribution in [0.3, 0.4) is 0 Å². The summed E-state index contributed by atoms with van der Waals surface area (Å²) in [6.45, 7) is 5.85. The standard InChI is InChI=1S/C23H23BrN4O2/c1-23(2,3)30-22(29)28-13-14(11-25)8-20(28)21-26-12-19(27-21)17-5-4-16-10-18(24)7-6-15(16)9-17/h4-7,9-10,12,14,20H,8,13H2,1-3H3,(H,26,27)/t14-,20+/m0/s1. The van der Waals surface area contributed by atoms with E-state index in [4.69, 9.17) is 4.74 Å². The maximum atomic E-state index is 12.7. The van der Waals surface area contributed by atoms with Gasteiger partial charge in [0, 0.05) is 16.6 Å². The summed E-state index contributed by atoms with van der Waals surface area (Å²) >= 11 is 3.50. The van der Waals surface area contributed by atoms with Gasteiger partial charge in [0.15, 0.2) is 0 Å². The van der Waals surface area contributed by atoms with Crippen molar-refractivity contribution in [3.8, 4) is 17.3 Å². The number of carbonyl (C=O) groups is 1. The average molecular weight is 467 g/mol. The molecule has 2 atom stereocenters. The third kappa shape index (κ3) is 4.19. The van der Waals surface area contributed by atoms with Gasteiger partial charge in [-0.2, -0.15) is 5.26 Å². The number of hydrogen-bond donors (Lipinski definition) is 1. The van der Waals surface area contributed by atoms with Crippen molar-refractivity contribution < 1.29 is 9.53 Å². The molecule has 0 unspecified atom stereocenters. The molecule has 2 aromatic carbocycles. The molecule has 0 radical (unpaired) electrons. The first-order chi connectivity index (χ1) is 14.2. The Bertz CT molecular complexity index is 1140. The summed E-state index contributed by atoms with van der Waals surface area (Å²) in [6.07, 6.45) is 1.90. The lowest BCUT2D eigenvalue weighted by Crippen LogP contribution is -2.37. The van der Waals surface area contributed by atoms with Crippen molar-refractivity contribution in [2.45, 2.75) is 38.8 Å². The van der Waals surface area contributed by atoms with E-state index in [1.807, 2.05) is 32.9 Å². The zero-order chi connectivity index (χ0) is 21.5. The molecule has 154 valence electrons. The van der Waals surface area contributed by atoms with Crippen molar-refractivity contribution in [2.24, 2.45) is 5.92 Å². The van der Waals surface area contributed by atoms with Crippen LogP contribution in [0.15, 0.2) is 47.1 Å². The molecule has 3 aromatic rings. The first-order valence-corrected chi connectivity index (χ1v) is 10.7. The Labute approximate surface area is 184 Å². The lowest BCUT2D eigenvalue weighted by Gasteiger charge is -2.27. The highest BCUT2D eigenvalue weighted by atomic mass is 79.9. The molecule has 1 aliphatic rings. The summed E-state index contributed by atoms with van der Waals surface area (Å²) in [5.74, 6) is 0.430. The fraction of sp³-hybridized carbons (Fsp3) is 0.348. The second-order valence-corrected chi connectivity index (χ2v) is 9.51. The molecule has 4 rings (SSSR count). The monoisotopic (exact) mass is 466 g/mol. The van der Waals surface area contributed by atoms with Gasteiger partial charge in [0.2, 0.25) is 0 Å². The molecule has 1 aromatic heterocycles. The number of halogens is 1. The van der Waals surface area contributed by atoms with Crippen LogP contribution in [0.25, 0.3) is 22.0 Å². The topological polar surface area (TPSA) is 82.0 Å². The van der Waals surface area contributed by atoms with E-state index in [0.717, 1.165) is 26.5 Å². The number of hydrogen-bond acceptors (Lipinski definition) is 4. The van der Waals surface area contributed by atoms with Gasteiger partial charge in [-0.3, -0.25) is 4.90 Å². The van der Waals surface area contributed by atoms with Crippen molar-refractivity contribution in [2.75, 3.05) is 6.54 Å². The van der Waals surface area contributed by atoms with E-state index < -0.39 is 11.7 Å². The van der Waals surface area contributed by atoms with Crippen molar-refractivity contribution in [3.05, 3.63) is 52.9 Å². The lowest BCUT2D eigenvalue weighted by atomic mass is 10.1. The summed E-state index contributed by atoms with van der Waals surface area (Å²) in [4.78, 5) is 22.2. The third-order valence-electron chi connectivity index (χ3n) is 5.14. The third-order valence-corrected chi connectivity index (χ3v) is 5.63. The highest BCUT2D eigenvalue weighted by Gasteiger charge is 2.40. The van der Waals surface area contributed by atoms with E-state index >= 15 is 0 Å². The van der Waals surface area contributed by atoms with Crippen LogP contribution in [-0.2, 0) is 4.74 Å². The number of fused-ring (bicyclic) bond motifs is 1. The maximum Gasteiger partial charge on any atom is 0.410 e. The molecule has 0 spiro atoms. The van der Waals surface area contributed by atoms with Crippen molar-refractivity contribution in [3.63, 3.8) is 0 Å². The normalized spacial score (nSPS) is 19.1. The number of ether oxygens (including phenoxy) is 1. The van der Waals surface area contributed by atoms with Gasteiger partial charge in [-0.1, -0.05) is 34.1 Å². The van der Waals surface area contributed by atoms with Crippen LogP contribution >= 0.6 is 15.9 Å². The number of H-pyrrole nitrogens is 1. The summed E-state index contributed by atoms with van der Waals surface area (Å²) in [5.41, 5.74) is 1.29. The van der Waals surface area contributed by atoms with E-state index in [9.17, 15) is 10.1 Å². The summed E-state index contributed by atoms with van der Waals surface area (Å²) in [7, 11) is 0. The summed E-state index contributed by atoms with van der Waals surface area (Å²) in [5, 5.41) is 11.7. The van der Waals surface area contributed by atoms with Gasteiger partial charge in [-0.15, -0.1) is 0 Å². The fourth-order valence-corrected chi connectivity index (χ4v) is 4.13. The molecule has 0 bridgehead atoms. The molecule has 30 heavy (non-hydrogen) atoms.